The Morgan fingerprint density at radius 1 is 1.25 bits per heavy atom. The van der Waals surface area contributed by atoms with E-state index < -0.39 is 0 Å². The van der Waals surface area contributed by atoms with E-state index >= 15 is 0 Å². The van der Waals surface area contributed by atoms with E-state index in [2.05, 4.69) is 48.3 Å². The number of allylic oxidation sites excluding steroid dienone is 2. The lowest BCUT2D eigenvalue weighted by molar-refractivity contribution is 0.688. The summed E-state index contributed by atoms with van der Waals surface area (Å²) in [7, 11) is 0. The number of hydrogen-bond acceptors (Lipinski definition) is 2. The summed E-state index contributed by atoms with van der Waals surface area (Å²) in [6, 6.07) is 6.69. The summed E-state index contributed by atoms with van der Waals surface area (Å²) in [6.45, 7) is 3.19. The Morgan fingerprint density at radius 2 is 2.06 bits per heavy atom. The number of nitrogens with two attached hydrogens (primary N) is 1. The van der Waals surface area contributed by atoms with Gasteiger partial charge in [-0.1, -0.05) is 36.4 Å². The zero-order chi connectivity index (χ0) is 11.1. The second kappa shape index (κ2) is 3.41. The van der Waals surface area contributed by atoms with Gasteiger partial charge in [-0.15, -0.1) is 0 Å². The van der Waals surface area contributed by atoms with Crippen molar-refractivity contribution < 1.29 is 0 Å². The highest BCUT2D eigenvalue weighted by Crippen LogP contribution is 2.46. The number of hydrogen-bond donors (Lipinski definition) is 1. The molecule has 16 heavy (non-hydrogen) atoms. The van der Waals surface area contributed by atoms with E-state index in [1.165, 1.54) is 11.3 Å². The molecule has 2 unspecified atom stereocenters. The lowest BCUT2D eigenvalue weighted by atomic mass is 9.91. The third-order valence-corrected chi connectivity index (χ3v) is 3.55. The fourth-order valence-corrected chi connectivity index (χ4v) is 2.88. The minimum absolute atomic E-state index is 0.453. The molecule has 0 aromatic heterocycles. The SMILES string of the molecule is CCN1c2c(N)cccc2C2C=CC=CC21. The number of likely N-dealkylation sites (N-methyl/N-ethyl adjacent to an activating group) is 1. The van der Waals surface area contributed by atoms with Crippen molar-refractivity contribution in [3.63, 3.8) is 0 Å². The van der Waals surface area contributed by atoms with Crippen LogP contribution in [-0.4, -0.2) is 12.6 Å². The molecule has 1 aliphatic carbocycles. The zero-order valence-corrected chi connectivity index (χ0v) is 9.43. The van der Waals surface area contributed by atoms with Crippen LogP contribution in [-0.2, 0) is 0 Å². The monoisotopic (exact) mass is 212 g/mol. The predicted molar refractivity (Wildman–Crippen MR) is 68.7 cm³/mol. The van der Waals surface area contributed by atoms with Crippen LogP contribution in [0.15, 0.2) is 42.5 Å². The first-order valence-corrected chi connectivity index (χ1v) is 5.83. The van der Waals surface area contributed by atoms with Gasteiger partial charge >= 0.3 is 0 Å². The molecule has 82 valence electrons. The van der Waals surface area contributed by atoms with Crippen LogP contribution in [0, 0.1) is 0 Å². The second-order valence-corrected chi connectivity index (χ2v) is 4.36. The molecule has 1 aliphatic heterocycles. The van der Waals surface area contributed by atoms with Gasteiger partial charge in [0.05, 0.1) is 17.4 Å². The van der Waals surface area contributed by atoms with E-state index in [0.717, 1.165) is 12.2 Å². The van der Waals surface area contributed by atoms with Crippen molar-refractivity contribution in [2.75, 3.05) is 17.2 Å². The van der Waals surface area contributed by atoms with Gasteiger partial charge in [-0.2, -0.15) is 0 Å². The van der Waals surface area contributed by atoms with E-state index in [1.54, 1.807) is 0 Å². The van der Waals surface area contributed by atoms with Crippen LogP contribution in [0.5, 0.6) is 0 Å². The normalized spacial score (nSPS) is 25.7. The average Bonchev–Trinajstić information content (AvgIpc) is 2.65. The van der Waals surface area contributed by atoms with Crippen LogP contribution in [0.1, 0.15) is 18.4 Å². The molecule has 2 aliphatic rings. The van der Waals surface area contributed by atoms with Crippen molar-refractivity contribution in [1.82, 2.24) is 0 Å². The van der Waals surface area contributed by atoms with Crippen LogP contribution in [0.4, 0.5) is 11.4 Å². The molecule has 0 amide bonds. The molecule has 3 rings (SSSR count). The molecular weight excluding hydrogens is 196 g/mol. The molecule has 2 N–H and O–H groups in total. The summed E-state index contributed by atoms with van der Waals surface area (Å²) in [4.78, 5) is 2.40. The smallest absolute Gasteiger partial charge is 0.0644 e. The quantitative estimate of drug-likeness (QED) is 0.725. The van der Waals surface area contributed by atoms with Gasteiger partial charge < -0.3 is 10.6 Å². The maximum Gasteiger partial charge on any atom is 0.0644 e. The van der Waals surface area contributed by atoms with Gasteiger partial charge in [0.25, 0.3) is 0 Å². The minimum Gasteiger partial charge on any atom is -0.397 e. The molecule has 0 radical (unpaired) electrons. The number of para-hydroxylation sites is 1. The number of rotatable bonds is 1. The molecule has 0 fully saturated rings. The van der Waals surface area contributed by atoms with Crippen LogP contribution in [0.3, 0.4) is 0 Å². The fourth-order valence-electron chi connectivity index (χ4n) is 2.88. The highest BCUT2D eigenvalue weighted by Gasteiger charge is 2.36. The van der Waals surface area contributed by atoms with Crippen molar-refractivity contribution in [3.8, 4) is 0 Å². The summed E-state index contributed by atoms with van der Waals surface area (Å²) in [5.41, 5.74) is 9.60. The van der Waals surface area contributed by atoms with E-state index in [0.29, 0.717) is 12.0 Å². The Balaban J connectivity index is 2.19. The van der Waals surface area contributed by atoms with Gasteiger partial charge in [-0.25, -0.2) is 0 Å². The molecule has 1 heterocycles. The molecule has 2 heteroatoms. The van der Waals surface area contributed by atoms with Gasteiger partial charge in [0.1, 0.15) is 0 Å². The first-order chi connectivity index (χ1) is 7.83. The molecule has 0 saturated heterocycles. The van der Waals surface area contributed by atoms with Gasteiger partial charge in [0, 0.05) is 12.5 Å². The third kappa shape index (κ3) is 1.13. The van der Waals surface area contributed by atoms with E-state index in [-0.39, 0.29) is 0 Å². The highest BCUT2D eigenvalue weighted by atomic mass is 15.2. The number of nitrogens with zero attached hydrogens (tertiary/aromatic N) is 1. The van der Waals surface area contributed by atoms with Gasteiger partial charge in [-0.3, -0.25) is 0 Å². The second-order valence-electron chi connectivity index (χ2n) is 4.36. The van der Waals surface area contributed by atoms with Crippen LogP contribution in [0.2, 0.25) is 0 Å². The average molecular weight is 212 g/mol. The Labute approximate surface area is 96.1 Å². The molecule has 2 nitrogen and oxygen atoms in total. The summed E-state index contributed by atoms with van der Waals surface area (Å²) >= 11 is 0. The summed E-state index contributed by atoms with van der Waals surface area (Å²) < 4.78 is 0. The number of benzene rings is 1. The molecule has 0 bridgehead atoms. The number of nitrogen functional groups attached to an aromatic ring is 1. The molecule has 2 atom stereocenters. The standard InChI is InChI=1S/C14H16N2/c1-2-16-13-9-4-3-6-10(13)11-7-5-8-12(15)14(11)16/h3-10,13H,2,15H2,1H3. The van der Waals surface area contributed by atoms with E-state index in [1.807, 2.05) is 6.07 Å². The van der Waals surface area contributed by atoms with Crippen molar-refractivity contribution in [1.29, 1.82) is 0 Å². The Bertz CT molecular complexity index is 474. The van der Waals surface area contributed by atoms with Crippen LogP contribution >= 0.6 is 0 Å². The molecule has 0 spiro atoms. The van der Waals surface area contributed by atoms with Crippen LogP contribution < -0.4 is 10.6 Å². The maximum atomic E-state index is 6.10. The maximum absolute atomic E-state index is 6.10. The number of fused-ring (bicyclic) bond motifs is 3. The number of anilines is 2. The van der Waals surface area contributed by atoms with Crippen molar-refractivity contribution in [3.05, 3.63) is 48.1 Å². The van der Waals surface area contributed by atoms with Crippen molar-refractivity contribution in [2.45, 2.75) is 18.9 Å². The van der Waals surface area contributed by atoms with E-state index in [9.17, 15) is 0 Å². The lowest BCUT2D eigenvalue weighted by Gasteiger charge is -2.27. The van der Waals surface area contributed by atoms with Crippen LogP contribution in [0.25, 0.3) is 0 Å². The molecule has 0 saturated carbocycles. The molecule has 1 aromatic carbocycles. The topological polar surface area (TPSA) is 29.3 Å². The van der Waals surface area contributed by atoms with Gasteiger partial charge in [0.15, 0.2) is 0 Å². The highest BCUT2D eigenvalue weighted by molar-refractivity contribution is 5.77. The van der Waals surface area contributed by atoms with Crippen molar-refractivity contribution >= 4 is 11.4 Å². The van der Waals surface area contributed by atoms with Crippen molar-refractivity contribution in [2.24, 2.45) is 0 Å². The summed E-state index contributed by atoms with van der Waals surface area (Å²) in [5.74, 6) is 0.475. The summed E-state index contributed by atoms with van der Waals surface area (Å²) in [6.07, 6.45) is 8.81. The van der Waals surface area contributed by atoms with Gasteiger partial charge in [0.2, 0.25) is 0 Å². The van der Waals surface area contributed by atoms with Gasteiger partial charge in [-0.05, 0) is 18.6 Å². The first-order valence-electron chi connectivity index (χ1n) is 5.83. The Kier molecular flexibility index (Phi) is 2.03. The minimum atomic E-state index is 0.453. The predicted octanol–water partition coefficient (Wildman–Crippen LogP) is 2.69. The zero-order valence-electron chi connectivity index (χ0n) is 9.43. The largest absolute Gasteiger partial charge is 0.397 e. The van der Waals surface area contributed by atoms with E-state index in [4.69, 9.17) is 5.73 Å². The fraction of sp³-hybridized carbons (Fsp3) is 0.286. The third-order valence-electron chi connectivity index (χ3n) is 3.55. The molecular formula is C14H16N2. The summed E-state index contributed by atoms with van der Waals surface area (Å²) in [5, 5.41) is 0. The lowest BCUT2D eigenvalue weighted by Crippen LogP contribution is -2.32. The Hall–Kier alpha value is -1.70. The first kappa shape index (κ1) is 9.52. The molecule has 1 aromatic rings. The Morgan fingerprint density at radius 3 is 2.88 bits per heavy atom.